The number of alkyl halides is 3. The lowest BCUT2D eigenvalue weighted by Crippen LogP contribution is -2.12. The minimum atomic E-state index is -4.34. The molecule has 0 saturated heterocycles. The van der Waals surface area contributed by atoms with E-state index in [1.54, 1.807) is 13.2 Å². The summed E-state index contributed by atoms with van der Waals surface area (Å²) in [5.41, 5.74) is -0.362. The van der Waals surface area contributed by atoms with E-state index in [0.717, 1.165) is 12.1 Å². The Morgan fingerprint density at radius 1 is 1.28 bits per heavy atom. The standard InChI is InChI=1S/C12H12F3N3/c1-16-5-4-11-17-7-8-2-3-9(12(13,14)15)6-10(8)18-11/h2-3,6-7,16H,4-5H2,1H3. The van der Waals surface area contributed by atoms with Gasteiger partial charge in [0.05, 0.1) is 11.1 Å². The Kier molecular flexibility index (Phi) is 3.47. The topological polar surface area (TPSA) is 37.8 Å². The van der Waals surface area contributed by atoms with Crippen molar-refractivity contribution in [2.75, 3.05) is 13.6 Å². The summed E-state index contributed by atoms with van der Waals surface area (Å²) in [6.07, 6.45) is -2.21. The molecule has 0 saturated carbocycles. The number of halogens is 3. The lowest BCUT2D eigenvalue weighted by Gasteiger charge is -2.07. The van der Waals surface area contributed by atoms with Gasteiger partial charge in [-0.15, -0.1) is 0 Å². The van der Waals surface area contributed by atoms with E-state index in [9.17, 15) is 13.2 Å². The Morgan fingerprint density at radius 3 is 2.72 bits per heavy atom. The van der Waals surface area contributed by atoms with Crippen molar-refractivity contribution in [1.82, 2.24) is 15.3 Å². The average Bonchev–Trinajstić information content (AvgIpc) is 2.34. The number of nitrogens with zero attached hydrogens (tertiary/aromatic N) is 2. The van der Waals surface area contributed by atoms with Gasteiger partial charge in [-0.05, 0) is 19.2 Å². The SMILES string of the molecule is CNCCc1ncc2ccc(C(F)(F)F)cc2n1. The highest BCUT2D eigenvalue weighted by atomic mass is 19.4. The third-order valence-corrected chi connectivity index (χ3v) is 2.56. The zero-order valence-electron chi connectivity index (χ0n) is 9.75. The maximum Gasteiger partial charge on any atom is 0.416 e. The molecule has 3 nitrogen and oxygen atoms in total. The van der Waals surface area contributed by atoms with Crippen LogP contribution < -0.4 is 5.32 Å². The Morgan fingerprint density at radius 2 is 2.06 bits per heavy atom. The van der Waals surface area contributed by atoms with Crippen molar-refractivity contribution in [2.24, 2.45) is 0 Å². The molecule has 1 aromatic heterocycles. The number of aromatic nitrogens is 2. The number of hydrogen-bond donors (Lipinski definition) is 1. The summed E-state index contributed by atoms with van der Waals surface area (Å²) in [6, 6.07) is 3.48. The van der Waals surface area contributed by atoms with Crippen molar-refractivity contribution < 1.29 is 13.2 Å². The van der Waals surface area contributed by atoms with Gasteiger partial charge in [0.15, 0.2) is 0 Å². The van der Waals surface area contributed by atoms with Crippen LogP contribution in [-0.4, -0.2) is 23.6 Å². The van der Waals surface area contributed by atoms with Crippen LogP contribution in [0.25, 0.3) is 10.9 Å². The van der Waals surface area contributed by atoms with Crippen LogP contribution >= 0.6 is 0 Å². The molecule has 0 spiro atoms. The molecule has 1 heterocycles. The van der Waals surface area contributed by atoms with Crippen LogP contribution in [0.3, 0.4) is 0 Å². The molecule has 2 aromatic rings. The summed E-state index contributed by atoms with van der Waals surface area (Å²) in [5, 5.41) is 3.55. The molecular weight excluding hydrogens is 243 g/mol. The summed E-state index contributed by atoms with van der Waals surface area (Å²) in [7, 11) is 1.79. The van der Waals surface area contributed by atoms with Gasteiger partial charge >= 0.3 is 6.18 Å². The van der Waals surface area contributed by atoms with Crippen LogP contribution in [0.15, 0.2) is 24.4 Å². The van der Waals surface area contributed by atoms with Crippen LogP contribution in [0.2, 0.25) is 0 Å². The zero-order valence-corrected chi connectivity index (χ0v) is 9.75. The van der Waals surface area contributed by atoms with Crippen LogP contribution in [0.1, 0.15) is 11.4 Å². The molecule has 1 N–H and O–H groups in total. The highest BCUT2D eigenvalue weighted by molar-refractivity contribution is 5.78. The van der Waals surface area contributed by atoms with E-state index in [4.69, 9.17) is 0 Å². The van der Waals surface area contributed by atoms with Gasteiger partial charge in [-0.25, -0.2) is 9.97 Å². The fourth-order valence-corrected chi connectivity index (χ4v) is 1.60. The second-order valence-electron chi connectivity index (χ2n) is 3.91. The first-order chi connectivity index (χ1) is 8.50. The first-order valence-corrected chi connectivity index (χ1v) is 5.48. The van der Waals surface area contributed by atoms with Crippen LogP contribution in [0.5, 0.6) is 0 Å². The zero-order chi connectivity index (χ0) is 13.2. The fourth-order valence-electron chi connectivity index (χ4n) is 1.60. The molecule has 0 aliphatic heterocycles. The largest absolute Gasteiger partial charge is 0.416 e. The van der Waals surface area contributed by atoms with Crippen LogP contribution in [0.4, 0.5) is 13.2 Å². The molecule has 0 bridgehead atoms. The van der Waals surface area contributed by atoms with Gasteiger partial charge in [0, 0.05) is 24.5 Å². The first kappa shape index (κ1) is 12.8. The second-order valence-corrected chi connectivity index (χ2v) is 3.91. The van der Waals surface area contributed by atoms with E-state index in [1.807, 2.05) is 0 Å². The molecule has 0 fully saturated rings. The van der Waals surface area contributed by atoms with Gasteiger partial charge in [0.25, 0.3) is 0 Å². The van der Waals surface area contributed by atoms with Gasteiger partial charge in [0.1, 0.15) is 5.82 Å². The lowest BCUT2D eigenvalue weighted by atomic mass is 10.1. The molecule has 1 aromatic carbocycles. The Hall–Kier alpha value is -1.69. The van der Waals surface area contributed by atoms with Crippen molar-refractivity contribution in [3.8, 4) is 0 Å². The molecule has 0 radical (unpaired) electrons. The fraction of sp³-hybridized carbons (Fsp3) is 0.333. The first-order valence-electron chi connectivity index (χ1n) is 5.48. The summed E-state index contributed by atoms with van der Waals surface area (Å²) in [6.45, 7) is 0.685. The molecule has 96 valence electrons. The molecule has 0 aliphatic rings. The van der Waals surface area contributed by atoms with Crippen molar-refractivity contribution >= 4 is 10.9 Å². The summed E-state index contributed by atoms with van der Waals surface area (Å²) in [5.74, 6) is 0.538. The molecular formula is C12H12F3N3. The Labute approximate surface area is 102 Å². The van der Waals surface area contributed by atoms with Gasteiger partial charge in [0.2, 0.25) is 0 Å². The molecule has 0 atom stereocenters. The number of rotatable bonds is 3. The molecule has 6 heteroatoms. The third-order valence-electron chi connectivity index (χ3n) is 2.56. The van der Waals surface area contributed by atoms with E-state index in [1.165, 1.54) is 6.07 Å². The van der Waals surface area contributed by atoms with E-state index >= 15 is 0 Å². The summed E-state index contributed by atoms with van der Waals surface area (Å²) in [4.78, 5) is 8.24. The molecule has 2 rings (SSSR count). The van der Waals surface area contributed by atoms with Gasteiger partial charge in [-0.1, -0.05) is 6.07 Å². The molecule has 0 amide bonds. The number of nitrogens with one attached hydrogen (secondary N) is 1. The number of likely N-dealkylation sites (N-methyl/N-ethyl adjacent to an activating group) is 1. The quantitative estimate of drug-likeness (QED) is 0.915. The van der Waals surface area contributed by atoms with Gasteiger partial charge < -0.3 is 5.32 Å². The predicted molar refractivity (Wildman–Crippen MR) is 62.2 cm³/mol. The van der Waals surface area contributed by atoms with Gasteiger partial charge in [-0.3, -0.25) is 0 Å². The lowest BCUT2D eigenvalue weighted by molar-refractivity contribution is -0.137. The van der Waals surface area contributed by atoms with Crippen LogP contribution in [-0.2, 0) is 12.6 Å². The maximum absolute atomic E-state index is 12.6. The smallest absolute Gasteiger partial charge is 0.319 e. The third kappa shape index (κ3) is 2.76. The van der Waals surface area contributed by atoms with Crippen LogP contribution in [0, 0.1) is 0 Å². The normalized spacial score (nSPS) is 12.0. The number of hydrogen-bond acceptors (Lipinski definition) is 3. The average molecular weight is 255 g/mol. The highest BCUT2D eigenvalue weighted by Gasteiger charge is 2.30. The summed E-state index contributed by atoms with van der Waals surface area (Å²) < 4.78 is 37.7. The highest BCUT2D eigenvalue weighted by Crippen LogP contribution is 2.30. The van der Waals surface area contributed by atoms with Gasteiger partial charge in [-0.2, -0.15) is 13.2 Å². The minimum Gasteiger partial charge on any atom is -0.319 e. The van der Waals surface area contributed by atoms with E-state index in [2.05, 4.69) is 15.3 Å². The molecule has 0 aliphatic carbocycles. The molecule has 18 heavy (non-hydrogen) atoms. The minimum absolute atomic E-state index is 0.325. The van der Waals surface area contributed by atoms with Crippen molar-refractivity contribution in [3.63, 3.8) is 0 Å². The monoisotopic (exact) mass is 255 g/mol. The maximum atomic E-state index is 12.6. The molecule has 0 unspecified atom stereocenters. The predicted octanol–water partition coefficient (Wildman–Crippen LogP) is 2.41. The van der Waals surface area contributed by atoms with E-state index < -0.39 is 11.7 Å². The second kappa shape index (κ2) is 4.89. The van der Waals surface area contributed by atoms with E-state index in [-0.39, 0.29) is 0 Å². The number of fused-ring (bicyclic) bond motifs is 1. The summed E-state index contributed by atoms with van der Waals surface area (Å²) >= 11 is 0. The Balaban J connectivity index is 2.40. The van der Waals surface area contributed by atoms with Crippen molar-refractivity contribution in [1.29, 1.82) is 0 Å². The van der Waals surface area contributed by atoms with Crippen molar-refractivity contribution in [2.45, 2.75) is 12.6 Å². The number of benzene rings is 1. The Bertz CT molecular complexity index is 552. The van der Waals surface area contributed by atoms with E-state index in [0.29, 0.717) is 29.7 Å². The van der Waals surface area contributed by atoms with Crippen molar-refractivity contribution in [3.05, 3.63) is 35.8 Å².